The first-order chi connectivity index (χ1) is 32.2. The zero-order chi connectivity index (χ0) is 49.7. The molecule has 0 bridgehead atoms. The summed E-state index contributed by atoms with van der Waals surface area (Å²) in [5, 5.41) is 95.6. The van der Waals surface area contributed by atoms with Crippen molar-refractivity contribution in [3.63, 3.8) is 0 Å². The number of hydrogen-bond donors (Lipinski definition) is 12. The number of aromatic nitrogens is 4. The number of H-pyrrole nitrogens is 2. The van der Waals surface area contributed by atoms with E-state index in [9.17, 15) is 60.0 Å². The number of carboxylic acids is 2. The zero-order valence-electron chi connectivity index (χ0n) is 38.2. The van der Waals surface area contributed by atoms with Crippen molar-refractivity contribution < 1.29 is 60.0 Å². The Labute approximate surface area is 389 Å². The van der Waals surface area contributed by atoms with E-state index in [2.05, 4.69) is 40.6 Å². The van der Waals surface area contributed by atoms with E-state index in [1.165, 1.54) is 37.5 Å². The highest BCUT2D eigenvalue weighted by atomic mass is 16.4. The molecule has 0 aliphatic rings. The van der Waals surface area contributed by atoms with Crippen LogP contribution < -0.4 is 10.6 Å². The molecular formula is C48H54N8O12. The number of phenols is 6. The molecule has 0 saturated carbocycles. The molecule has 20 heteroatoms. The van der Waals surface area contributed by atoms with Crippen LogP contribution in [-0.2, 0) is 32.0 Å². The summed E-state index contributed by atoms with van der Waals surface area (Å²) in [5.74, 6) is -7.48. The average Bonchev–Trinajstić information content (AvgIpc) is 3.99. The number of fused-ring (bicyclic) bond motifs is 2. The van der Waals surface area contributed by atoms with Crippen LogP contribution in [0.2, 0.25) is 0 Å². The molecule has 2 amide bonds. The molecule has 0 unspecified atom stereocenters. The molecule has 0 aliphatic carbocycles. The highest BCUT2D eigenvalue weighted by molar-refractivity contribution is 6.15. The Kier molecular flexibility index (Phi) is 14.9. The zero-order valence-corrected chi connectivity index (χ0v) is 38.2. The standard InChI is InChI=1S/C48H54N8O12/c1-21(2)35-27-11-23(5)37(43(61)39(27)29(41(59)45(35)63)17-49-9-7-33(57)55-31(47(65)66)13-25-15-51-19-53-25)38-24(6)12-28-36(22(3)4)46(64)42(60)30(40(28)44(38)62)18-50-10-8-34(58)56-32(48(67)68)14-26-16-52-20-54-26/h11-12,15-22,31-32,59-64H,7-10,13-14H2,1-6H3,(H,51,53)(H,52,54)(H,55,57)(H,56,58)(H,65,66)(H,67,68)/t31-,32-/m0/s1. The number of nitrogens with one attached hydrogen (secondary N) is 4. The summed E-state index contributed by atoms with van der Waals surface area (Å²) in [6, 6.07) is 0.871. The van der Waals surface area contributed by atoms with E-state index in [0.717, 1.165) is 0 Å². The van der Waals surface area contributed by atoms with Gasteiger partial charge in [0.05, 0.1) is 12.7 Å². The van der Waals surface area contributed by atoms with Gasteiger partial charge in [-0.2, -0.15) is 0 Å². The normalized spacial score (nSPS) is 12.8. The van der Waals surface area contributed by atoms with Crippen LogP contribution in [0.25, 0.3) is 32.7 Å². The Morgan fingerprint density at radius 2 is 0.971 bits per heavy atom. The van der Waals surface area contributed by atoms with Gasteiger partial charge in [0.25, 0.3) is 0 Å². The minimum atomic E-state index is -1.25. The second-order valence-corrected chi connectivity index (χ2v) is 17.1. The maximum atomic E-state index is 12.8. The number of hydrogen-bond acceptors (Lipinski definition) is 14. The van der Waals surface area contributed by atoms with Gasteiger partial charge in [-0.05, 0) is 47.6 Å². The van der Waals surface area contributed by atoms with Crippen molar-refractivity contribution in [3.8, 4) is 45.6 Å². The second-order valence-electron chi connectivity index (χ2n) is 17.1. The van der Waals surface area contributed by atoms with E-state index < -0.39 is 70.3 Å². The fraction of sp³-hybridized carbons (Fsp3) is 0.333. The molecule has 12 N–H and O–H groups in total. The lowest BCUT2D eigenvalue weighted by Crippen LogP contribution is -2.42. The van der Waals surface area contributed by atoms with Crippen LogP contribution in [0.1, 0.15) is 97.1 Å². The summed E-state index contributed by atoms with van der Waals surface area (Å²) in [4.78, 5) is 71.3. The molecule has 4 aromatic carbocycles. The number of rotatable bonds is 19. The first-order valence-corrected chi connectivity index (χ1v) is 21.7. The molecule has 0 aliphatic heterocycles. The minimum Gasteiger partial charge on any atom is -0.507 e. The predicted molar refractivity (Wildman–Crippen MR) is 252 cm³/mol. The fourth-order valence-electron chi connectivity index (χ4n) is 8.43. The number of aromatic amines is 2. The first kappa shape index (κ1) is 49.3. The van der Waals surface area contributed by atoms with Crippen LogP contribution in [0.3, 0.4) is 0 Å². The molecule has 6 rings (SSSR count). The number of carbonyl (C=O) groups is 4. The van der Waals surface area contributed by atoms with Gasteiger partial charge in [0.2, 0.25) is 11.8 Å². The van der Waals surface area contributed by atoms with Crippen molar-refractivity contribution >= 4 is 57.7 Å². The molecule has 2 atom stereocenters. The summed E-state index contributed by atoms with van der Waals surface area (Å²) >= 11 is 0. The third kappa shape index (κ3) is 10.1. The topological polar surface area (TPSA) is 336 Å². The molecule has 0 radical (unpaired) electrons. The Morgan fingerprint density at radius 3 is 1.28 bits per heavy atom. The van der Waals surface area contributed by atoms with E-state index >= 15 is 0 Å². The Morgan fingerprint density at radius 1 is 0.603 bits per heavy atom. The van der Waals surface area contributed by atoms with Crippen LogP contribution in [0.5, 0.6) is 34.5 Å². The van der Waals surface area contributed by atoms with Gasteiger partial charge in [-0.15, -0.1) is 0 Å². The minimum absolute atomic E-state index is 0.0386. The molecule has 6 aromatic rings. The lowest BCUT2D eigenvalue weighted by molar-refractivity contribution is -0.142. The number of aromatic hydroxyl groups is 6. The quantitative estimate of drug-likeness (QED) is 0.0355. The second kappa shape index (κ2) is 20.6. The third-order valence-electron chi connectivity index (χ3n) is 11.6. The summed E-state index contributed by atoms with van der Waals surface area (Å²) in [6.45, 7) is 10.1. The van der Waals surface area contributed by atoms with E-state index in [-0.39, 0.29) is 83.6 Å². The maximum Gasteiger partial charge on any atom is 0.326 e. The van der Waals surface area contributed by atoms with Crippen molar-refractivity contribution in [1.29, 1.82) is 0 Å². The van der Waals surface area contributed by atoms with Crippen LogP contribution >= 0.6 is 0 Å². The van der Waals surface area contributed by atoms with Gasteiger partial charge in [-0.1, -0.05) is 39.8 Å². The number of amides is 2. The van der Waals surface area contributed by atoms with Crippen LogP contribution in [0.15, 0.2) is 47.2 Å². The highest BCUT2D eigenvalue weighted by Crippen LogP contribution is 2.54. The molecule has 0 spiro atoms. The molecular weight excluding hydrogens is 881 g/mol. The van der Waals surface area contributed by atoms with E-state index in [0.29, 0.717) is 44.4 Å². The van der Waals surface area contributed by atoms with Crippen molar-refractivity contribution in [3.05, 3.63) is 81.9 Å². The molecule has 20 nitrogen and oxygen atoms in total. The van der Waals surface area contributed by atoms with Crippen molar-refractivity contribution in [2.75, 3.05) is 13.1 Å². The molecule has 68 heavy (non-hydrogen) atoms. The first-order valence-electron chi connectivity index (χ1n) is 21.7. The van der Waals surface area contributed by atoms with E-state index in [1.807, 2.05) is 0 Å². The molecule has 2 heterocycles. The summed E-state index contributed by atoms with van der Waals surface area (Å²) in [5.41, 5.74) is 2.49. The Hall–Kier alpha value is -8.16. The highest BCUT2D eigenvalue weighted by Gasteiger charge is 2.30. The van der Waals surface area contributed by atoms with E-state index in [1.54, 1.807) is 53.7 Å². The number of imidazole rings is 2. The van der Waals surface area contributed by atoms with Crippen LogP contribution in [0.4, 0.5) is 0 Å². The number of carbonyl (C=O) groups excluding carboxylic acids is 2. The molecule has 0 fully saturated rings. The van der Waals surface area contributed by atoms with E-state index in [4.69, 9.17) is 0 Å². The van der Waals surface area contributed by atoms with Crippen molar-refractivity contribution in [2.24, 2.45) is 9.98 Å². The number of phenolic OH excluding ortho intramolecular Hbond substituents is 6. The molecule has 358 valence electrons. The molecule has 0 saturated heterocycles. The third-order valence-corrected chi connectivity index (χ3v) is 11.6. The van der Waals surface area contributed by atoms with Gasteiger partial charge in [0.1, 0.15) is 23.6 Å². The SMILES string of the molecule is Cc1cc2c(C(C)C)c(O)c(O)c(C=NCCC(=O)N[C@@H](Cc3cnc[nH]3)C(=O)O)c2c(O)c1-c1c(C)cc2c(C(C)C)c(O)c(O)c(C=NCCC(=O)N[C@@H](Cc3cnc[nH]3)C(=O)O)c2c1O. The number of aliphatic imine (C=N–C) groups is 2. The summed E-state index contributed by atoms with van der Waals surface area (Å²) in [6.07, 6.45) is 7.46. The smallest absolute Gasteiger partial charge is 0.326 e. The van der Waals surface area contributed by atoms with Crippen LogP contribution in [0, 0.1) is 13.8 Å². The van der Waals surface area contributed by atoms with Gasteiger partial charge in [0.15, 0.2) is 23.0 Å². The van der Waals surface area contributed by atoms with Gasteiger partial charge < -0.3 is 61.5 Å². The largest absolute Gasteiger partial charge is 0.507 e. The monoisotopic (exact) mass is 934 g/mol. The summed E-state index contributed by atoms with van der Waals surface area (Å²) < 4.78 is 0. The van der Waals surface area contributed by atoms with Gasteiger partial charge in [-0.25, -0.2) is 19.6 Å². The fourth-order valence-corrected chi connectivity index (χ4v) is 8.43. The maximum absolute atomic E-state index is 12.8. The molecule has 2 aromatic heterocycles. The summed E-state index contributed by atoms with van der Waals surface area (Å²) in [7, 11) is 0. The Balaban J connectivity index is 1.41. The Bertz CT molecular complexity index is 2760. The number of aryl methyl sites for hydroxylation is 2. The van der Waals surface area contributed by atoms with Crippen molar-refractivity contribution in [2.45, 2.75) is 91.1 Å². The average molecular weight is 935 g/mol. The van der Waals surface area contributed by atoms with Crippen LogP contribution in [-0.4, -0.2) is 122 Å². The number of benzene rings is 4. The number of aliphatic carboxylic acids is 2. The lowest BCUT2D eigenvalue weighted by Gasteiger charge is -2.23. The van der Waals surface area contributed by atoms with Gasteiger partial charge in [-0.3, -0.25) is 19.6 Å². The van der Waals surface area contributed by atoms with Gasteiger partial charge >= 0.3 is 11.9 Å². The number of nitrogens with zero attached hydrogens (tertiary/aromatic N) is 4. The predicted octanol–water partition coefficient (Wildman–Crippen LogP) is 5.45. The van der Waals surface area contributed by atoms with Crippen molar-refractivity contribution in [1.82, 2.24) is 30.6 Å². The number of carboxylic acid groups (broad SMARTS) is 2. The lowest BCUT2D eigenvalue weighted by atomic mass is 9.83. The van der Waals surface area contributed by atoms with Gasteiger partial charge in [0, 0.05) is 119 Å².